The Hall–Kier alpha value is -1.91. The van der Waals surface area contributed by atoms with Gasteiger partial charge in [-0.15, -0.1) is 0 Å². The molecule has 5 heteroatoms. The molecule has 0 unspecified atom stereocenters. The van der Waals surface area contributed by atoms with Crippen molar-refractivity contribution < 1.29 is 9.72 Å². The van der Waals surface area contributed by atoms with Crippen LogP contribution in [0, 0.1) is 23.0 Å². The van der Waals surface area contributed by atoms with Gasteiger partial charge in [-0.2, -0.15) is 0 Å². The van der Waals surface area contributed by atoms with Crippen molar-refractivity contribution in [2.45, 2.75) is 39.0 Å². The van der Waals surface area contributed by atoms with E-state index in [0.717, 1.165) is 12.8 Å². The highest BCUT2D eigenvalue weighted by Gasteiger charge is 2.17. The van der Waals surface area contributed by atoms with Crippen LogP contribution in [-0.4, -0.2) is 17.4 Å². The number of carbonyl (C=O) groups is 1. The van der Waals surface area contributed by atoms with Gasteiger partial charge in [0.2, 0.25) is 0 Å². The van der Waals surface area contributed by atoms with Crippen molar-refractivity contribution in [2.24, 2.45) is 5.92 Å². The molecule has 1 aliphatic carbocycles. The van der Waals surface area contributed by atoms with Crippen molar-refractivity contribution in [1.82, 2.24) is 5.32 Å². The first kappa shape index (κ1) is 14.5. The number of aryl methyl sites for hydroxylation is 1. The lowest BCUT2D eigenvalue weighted by Gasteiger charge is -2.21. The van der Waals surface area contributed by atoms with Crippen LogP contribution in [0.3, 0.4) is 0 Å². The quantitative estimate of drug-likeness (QED) is 0.678. The number of carbonyl (C=O) groups excluding carboxylic acids is 1. The van der Waals surface area contributed by atoms with Crippen molar-refractivity contribution in [3.8, 4) is 0 Å². The van der Waals surface area contributed by atoms with Crippen LogP contribution in [0.25, 0.3) is 0 Å². The number of benzene rings is 1. The average molecular weight is 276 g/mol. The largest absolute Gasteiger partial charge is 0.352 e. The maximum Gasteiger partial charge on any atom is 0.273 e. The summed E-state index contributed by atoms with van der Waals surface area (Å²) in [7, 11) is 0. The molecular formula is C15H20N2O3. The molecule has 20 heavy (non-hydrogen) atoms. The Balaban J connectivity index is 1.98. The van der Waals surface area contributed by atoms with Crippen LogP contribution in [0.4, 0.5) is 5.69 Å². The molecule has 1 amide bonds. The summed E-state index contributed by atoms with van der Waals surface area (Å²) in [6, 6.07) is 4.61. The Morgan fingerprint density at radius 1 is 1.35 bits per heavy atom. The zero-order chi connectivity index (χ0) is 14.5. The van der Waals surface area contributed by atoms with Crippen LogP contribution >= 0.6 is 0 Å². The number of hydrogen-bond donors (Lipinski definition) is 1. The number of nitro benzene ring substituents is 1. The molecule has 1 aromatic carbocycles. The summed E-state index contributed by atoms with van der Waals surface area (Å²) >= 11 is 0. The summed E-state index contributed by atoms with van der Waals surface area (Å²) in [6.07, 6.45) is 6.07. The van der Waals surface area contributed by atoms with E-state index in [2.05, 4.69) is 5.32 Å². The lowest BCUT2D eigenvalue weighted by Crippen LogP contribution is -2.30. The normalized spacial score (nSPS) is 15.8. The molecule has 1 aliphatic rings. The fraction of sp³-hybridized carbons (Fsp3) is 0.533. The number of nitrogens with one attached hydrogen (secondary N) is 1. The second kappa shape index (κ2) is 6.50. The fourth-order valence-corrected chi connectivity index (χ4v) is 2.68. The fourth-order valence-electron chi connectivity index (χ4n) is 2.68. The van der Waals surface area contributed by atoms with Crippen LogP contribution in [-0.2, 0) is 0 Å². The minimum absolute atomic E-state index is 0.00434. The molecule has 2 rings (SSSR count). The van der Waals surface area contributed by atoms with Gasteiger partial charge in [0, 0.05) is 23.7 Å². The second-order valence-electron chi connectivity index (χ2n) is 5.47. The number of rotatable bonds is 4. The zero-order valence-corrected chi connectivity index (χ0v) is 11.7. The molecule has 108 valence electrons. The molecule has 0 bridgehead atoms. The molecule has 5 nitrogen and oxygen atoms in total. The monoisotopic (exact) mass is 276 g/mol. The van der Waals surface area contributed by atoms with E-state index in [1.54, 1.807) is 19.1 Å². The van der Waals surface area contributed by atoms with Gasteiger partial charge >= 0.3 is 0 Å². The smallest absolute Gasteiger partial charge is 0.273 e. The Morgan fingerprint density at radius 3 is 2.70 bits per heavy atom. The highest BCUT2D eigenvalue weighted by atomic mass is 16.6. The van der Waals surface area contributed by atoms with E-state index in [-0.39, 0.29) is 11.6 Å². The molecule has 0 spiro atoms. The second-order valence-corrected chi connectivity index (χ2v) is 5.47. The van der Waals surface area contributed by atoms with Gasteiger partial charge in [-0.1, -0.05) is 25.3 Å². The Labute approximate surface area is 118 Å². The van der Waals surface area contributed by atoms with Crippen molar-refractivity contribution in [3.05, 3.63) is 39.4 Å². The standard InChI is InChI=1S/C15H20N2O3/c1-11-7-8-13(9-14(11)17(19)20)15(18)16-10-12-5-3-2-4-6-12/h7-9,12H,2-6,10H2,1H3,(H,16,18). The molecular weight excluding hydrogens is 256 g/mol. The summed E-state index contributed by atoms with van der Waals surface area (Å²) in [5.74, 6) is 0.326. The summed E-state index contributed by atoms with van der Waals surface area (Å²) in [5.41, 5.74) is 0.923. The number of amides is 1. The van der Waals surface area contributed by atoms with Crippen LogP contribution in [0.2, 0.25) is 0 Å². The maximum atomic E-state index is 12.0. The highest BCUT2D eigenvalue weighted by molar-refractivity contribution is 5.94. The Kier molecular flexibility index (Phi) is 4.71. The van der Waals surface area contributed by atoms with Gasteiger partial charge < -0.3 is 5.32 Å². The van der Waals surface area contributed by atoms with Crippen LogP contribution < -0.4 is 5.32 Å². The van der Waals surface area contributed by atoms with Gasteiger partial charge in [0.15, 0.2) is 0 Å². The van der Waals surface area contributed by atoms with Crippen LogP contribution in [0.1, 0.15) is 48.0 Å². The van der Waals surface area contributed by atoms with Gasteiger partial charge in [0.1, 0.15) is 0 Å². The number of nitro groups is 1. The van der Waals surface area contributed by atoms with E-state index < -0.39 is 4.92 Å². The minimum Gasteiger partial charge on any atom is -0.352 e. The topological polar surface area (TPSA) is 72.2 Å². The van der Waals surface area contributed by atoms with E-state index in [0.29, 0.717) is 23.6 Å². The molecule has 1 saturated carbocycles. The predicted octanol–water partition coefficient (Wildman–Crippen LogP) is 3.21. The van der Waals surface area contributed by atoms with Gasteiger partial charge in [-0.05, 0) is 31.7 Å². The third-order valence-electron chi connectivity index (χ3n) is 3.94. The van der Waals surface area contributed by atoms with E-state index in [9.17, 15) is 14.9 Å². The van der Waals surface area contributed by atoms with E-state index in [1.165, 1.54) is 25.3 Å². The van der Waals surface area contributed by atoms with Crippen LogP contribution in [0.15, 0.2) is 18.2 Å². The van der Waals surface area contributed by atoms with E-state index >= 15 is 0 Å². The Morgan fingerprint density at radius 2 is 2.05 bits per heavy atom. The highest BCUT2D eigenvalue weighted by Crippen LogP contribution is 2.23. The third-order valence-corrected chi connectivity index (χ3v) is 3.94. The zero-order valence-electron chi connectivity index (χ0n) is 11.7. The van der Waals surface area contributed by atoms with Gasteiger partial charge in [-0.25, -0.2) is 0 Å². The summed E-state index contributed by atoms with van der Waals surface area (Å²) in [5, 5.41) is 13.8. The molecule has 0 saturated heterocycles. The van der Waals surface area contributed by atoms with Crippen molar-refractivity contribution >= 4 is 11.6 Å². The van der Waals surface area contributed by atoms with Crippen molar-refractivity contribution in [3.63, 3.8) is 0 Å². The van der Waals surface area contributed by atoms with Crippen molar-refractivity contribution in [2.75, 3.05) is 6.54 Å². The summed E-state index contributed by atoms with van der Waals surface area (Å²) in [6.45, 7) is 2.34. The molecule has 0 aromatic heterocycles. The molecule has 1 N–H and O–H groups in total. The molecule has 0 heterocycles. The molecule has 1 fully saturated rings. The lowest BCUT2D eigenvalue weighted by atomic mass is 9.89. The summed E-state index contributed by atoms with van der Waals surface area (Å²) in [4.78, 5) is 22.5. The molecule has 0 aliphatic heterocycles. The number of nitrogens with zero attached hydrogens (tertiary/aromatic N) is 1. The first-order chi connectivity index (χ1) is 9.58. The Bertz CT molecular complexity index is 508. The van der Waals surface area contributed by atoms with Gasteiger partial charge in [-0.3, -0.25) is 14.9 Å². The third kappa shape index (κ3) is 3.56. The first-order valence-electron chi connectivity index (χ1n) is 7.11. The van der Waals surface area contributed by atoms with Crippen LogP contribution in [0.5, 0.6) is 0 Å². The van der Waals surface area contributed by atoms with Gasteiger partial charge in [0.05, 0.1) is 4.92 Å². The van der Waals surface area contributed by atoms with E-state index in [4.69, 9.17) is 0 Å². The van der Waals surface area contributed by atoms with E-state index in [1.807, 2.05) is 0 Å². The number of hydrogen-bond acceptors (Lipinski definition) is 3. The van der Waals surface area contributed by atoms with Gasteiger partial charge in [0.25, 0.3) is 11.6 Å². The first-order valence-corrected chi connectivity index (χ1v) is 7.11. The SMILES string of the molecule is Cc1ccc(C(=O)NCC2CCCCC2)cc1[N+](=O)[O-]. The summed E-state index contributed by atoms with van der Waals surface area (Å²) < 4.78 is 0. The van der Waals surface area contributed by atoms with Crippen molar-refractivity contribution in [1.29, 1.82) is 0 Å². The lowest BCUT2D eigenvalue weighted by molar-refractivity contribution is -0.385. The maximum absolute atomic E-state index is 12.0. The minimum atomic E-state index is -0.451. The molecule has 0 radical (unpaired) electrons. The average Bonchev–Trinajstić information content (AvgIpc) is 2.46. The predicted molar refractivity (Wildman–Crippen MR) is 76.7 cm³/mol. The molecule has 0 atom stereocenters. The molecule has 1 aromatic rings.